The number of fused-ring (bicyclic) bond motifs is 6. The van der Waals surface area contributed by atoms with Gasteiger partial charge >= 0.3 is 0 Å². The van der Waals surface area contributed by atoms with Crippen LogP contribution in [0.2, 0.25) is 0 Å². The van der Waals surface area contributed by atoms with Gasteiger partial charge in [-0.1, -0.05) is 84.4 Å². The van der Waals surface area contributed by atoms with E-state index in [1.807, 2.05) is 67.6 Å². The number of carbonyl (C=O) groups excluding carboxylic acids is 1. The molecule has 0 saturated carbocycles. The fourth-order valence-electron chi connectivity index (χ4n) is 6.95. The van der Waals surface area contributed by atoms with Crippen molar-refractivity contribution >= 4 is 22.6 Å². The molecule has 6 aromatic rings. The highest BCUT2D eigenvalue weighted by molar-refractivity contribution is 6.09. The summed E-state index contributed by atoms with van der Waals surface area (Å²) < 4.78 is 18.6. The fraction of sp³-hybridized carbons (Fsp3) is 0.119. The molecule has 1 aliphatic heterocycles. The zero-order valence-corrected chi connectivity index (χ0v) is 25.6. The molecule has 0 aromatic heterocycles. The Morgan fingerprint density at radius 1 is 0.717 bits per heavy atom. The van der Waals surface area contributed by atoms with Crippen molar-refractivity contribution in [2.75, 3.05) is 7.11 Å². The largest absolute Gasteiger partial charge is 0.497 e. The first-order valence-electron chi connectivity index (χ1n) is 15.6. The van der Waals surface area contributed by atoms with Gasteiger partial charge in [-0.05, 0) is 95.1 Å². The molecule has 0 saturated heterocycles. The van der Waals surface area contributed by atoms with E-state index >= 15 is 0 Å². The lowest BCUT2D eigenvalue weighted by Gasteiger charge is -2.42. The van der Waals surface area contributed by atoms with Gasteiger partial charge in [0, 0.05) is 28.5 Å². The average Bonchev–Trinajstić information content (AvgIpc) is 3.11. The molecule has 0 radical (unpaired) electrons. The van der Waals surface area contributed by atoms with Gasteiger partial charge in [0.2, 0.25) is 0 Å². The minimum absolute atomic E-state index is 0.00493. The molecule has 2 aliphatic rings. The van der Waals surface area contributed by atoms with Crippen LogP contribution in [0.15, 0.2) is 133 Å². The van der Waals surface area contributed by atoms with E-state index in [1.54, 1.807) is 7.11 Å². The summed E-state index contributed by atoms with van der Waals surface area (Å²) in [5.41, 5.74) is 7.30. The van der Waals surface area contributed by atoms with Crippen molar-refractivity contribution in [2.24, 2.45) is 0 Å². The lowest BCUT2D eigenvalue weighted by molar-refractivity contribution is 0.103. The van der Waals surface area contributed by atoms with Gasteiger partial charge in [0.05, 0.1) is 7.11 Å². The summed E-state index contributed by atoms with van der Waals surface area (Å²) in [7, 11) is 1.70. The van der Waals surface area contributed by atoms with Gasteiger partial charge in [-0.25, -0.2) is 0 Å². The van der Waals surface area contributed by atoms with Crippen molar-refractivity contribution in [2.45, 2.75) is 24.9 Å². The van der Waals surface area contributed by atoms with E-state index in [-0.39, 0.29) is 23.7 Å². The third kappa shape index (κ3) is 4.93. The first-order chi connectivity index (χ1) is 22.6. The van der Waals surface area contributed by atoms with Crippen LogP contribution in [0, 0.1) is 6.92 Å². The summed E-state index contributed by atoms with van der Waals surface area (Å²) in [5, 5.41) is 2.22. The Morgan fingerprint density at radius 3 is 2.20 bits per heavy atom. The Labute approximate surface area is 268 Å². The summed E-state index contributed by atoms with van der Waals surface area (Å²) >= 11 is 0. The Bertz CT molecular complexity index is 2110. The van der Waals surface area contributed by atoms with Crippen LogP contribution in [-0.2, 0) is 0 Å². The molecule has 224 valence electrons. The smallest absolute Gasteiger partial charge is 0.193 e. The molecule has 0 fully saturated rings. The summed E-state index contributed by atoms with van der Waals surface area (Å²) in [5.74, 6) is 3.34. The van der Waals surface area contributed by atoms with Crippen LogP contribution in [0.4, 0.5) is 0 Å². The summed E-state index contributed by atoms with van der Waals surface area (Å²) in [6.07, 6.45) is 4.26. The summed E-state index contributed by atoms with van der Waals surface area (Å²) in [6, 6.07) is 42.5. The molecule has 0 bridgehead atoms. The predicted molar refractivity (Wildman–Crippen MR) is 183 cm³/mol. The number of rotatable bonds is 6. The molecule has 4 heteroatoms. The number of ketones is 1. The lowest BCUT2D eigenvalue weighted by Crippen LogP contribution is -2.35. The average molecular weight is 601 g/mol. The number of hydrogen-bond acceptors (Lipinski definition) is 4. The van der Waals surface area contributed by atoms with Crippen molar-refractivity contribution in [3.8, 4) is 23.0 Å². The first-order valence-corrected chi connectivity index (χ1v) is 15.6. The van der Waals surface area contributed by atoms with Gasteiger partial charge in [-0.15, -0.1) is 0 Å². The van der Waals surface area contributed by atoms with E-state index < -0.39 is 0 Å². The maximum absolute atomic E-state index is 12.9. The molecule has 1 heterocycles. The normalized spacial score (nSPS) is 17.7. The molecule has 3 unspecified atom stereocenters. The Balaban J connectivity index is 1.14. The minimum atomic E-state index is -0.0838. The zero-order chi connectivity index (χ0) is 31.2. The molecular formula is C42H32O4. The molecule has 0 amide bonds. The number of benzene rings is 6. The molecule has 3 atom stereocenters. The topological polar surface area (TPSA) is 44.8 Å². The predicted octanol–water partition coefficient (Wildman–Crippen LogP) is 9.88. The first kappa shape index (κ1) is 27.9. The van der Waals surface area contributed by atoms with Crippen molar-refractivity contribution in [3.05, 3.63) is 172 Å². The highest BCUT2D eigenvalue weighted by Gasteiger charge is 2.42. The summed E-state index contributed by atoms with van der Waals surface area (Å²) in [4.78, 5) is 12.9. The maximum Gasteiger partial charge on any atom is 0.193 e. The summed E-state index contributed by atoms with van der Waals surface area (Å²) in [6.45, 7) is 2.01. The van der Waals surface area contributed by atoms with Gasteiger partial charge in [-0.3, -0.25) is 4.79 Å². The number of hydrogen-bond donors (Lipinski definition) is 0. The Kier molecular flexibility index (Phi) is 6.91. The Morgan fingerprint density at radius 2 is 1.43 bits per heavy atom. The maximum atomic E-state index is 12.9. The quantitative estimate of drug-likeness (QED) is 0.179. The van der Waals surface area contributed by atoms with Crippen LogP contribution >= 0.6 is 0 Å². The second-order valence-electron chi connectivity index (χ2n) is 12.0. The highest BCUT2D eigenvalue weighted by atomic mass is 16.5. The van der Waals surface area contributed by atoms with Crippen LogP contribution in [-0.4, -0.2) is 19.0 Å². The van der Waals surface area contributed by atoms with Crippen LogP contribution in [0.1, 0.15) is 55.6 Å². The van der Waals surface area contributed by atoms with Gasteiger partial charge in [0.25, 0.3) is 0 Å². The van der Waals surface area contributed by atoms with Crippen LogP contribution in [0.3, 0.4) is 0 Å². The fourth-order valence-corrected chi connectivity index (χ4v) is 6.95. The molecule has 8 rings (SSSR count). The van der Waals surface area contributed by atoms with Crippen LogP contribution in [0.5, 0.6) is 23.0 Å². The van der Waals surface area contributed by atoms with Gasteiger partial charge in [-0.2, -0.15) is 0 Å². The standard InChI is InChI=1S/C42H32O4/c1-26-8-10-28(11-9-26)42(43)29-12-16-32(17-13-29)45-34-19-21-36-31(25-34)15-23-38-41(36)39(27-6-4-3-5-7-27)40-35-20-18-33(44-2)24-30(35)14-22-37(40)46-38/h3-25,37,39-40H,1-2H3. The monoisotopic (exact) mass is 600 g/mol. The molecule has 6 aromatic carbocycles. The number of carbonyl (C=O) groups is 1. The molecule has 0 spiro atoms. The third-order valence-corrected chi connectivity index (χ3v) is 9.22. The highest BCUT2D eigenvalue weighted by Crippen LogP contribution is 2.54. The second-order valence-corrected chi connectivity index (χ2v) is 12.0. The number of aryl methyl sites for hydroxylation is 1. The van der Waals surface area contributed by atoms with E-state index in [4.69, 9.17) is 14.2 Å². The van der Waals surface area contributed by atoms with Crippen molar-refractivity contribution in [1.29, 1.82) is 0 Å². The molecule has 4 nitrogen and oxygen atoms in total. The van der Waals surface area contributed by atoms with Crippen molar-refractivity contribution in [1.82, 2.24) is 0 Å². The van der Waals surface area contributed by atoms with Crippen LogP contribution < -0.4 is 14.2 Å². The zero-order valence-electron chi connectivity index (χ0n) is 25.6. The van der Waals surface area contributed by atoms with Crippen molar-refractivity contribution < 1.29 is 19.0 Å². The Hall–Kier alpha value is -5.61. The minimum Gasteiger partial charge on any atom is -0.497 e. The second kappa shape index (κ2) is 11.4. The molecule has 1 aliphatic carbocycles. The van der Waals surface area contributed by atoms with E-state index in [0.29, 0.717) is 16.9 Å². The SMILES string of the molecule is COc1ccc2c(c1)C=CC1Oc3ccc4cc(Oc5ccc(C(=O)c6ccc(C)cc6)cc5)ccc4c3C(c3ccccc3)C21. The van der Waals surface area contributed by atoms with E-state index in [1.165, 1.54) is 16.7 Å². The number of ether oxygens (including phenoxy) is 3. The molecular weight excluding hydrogens is 568 g/mol. The van der Waals surface area contributed by atoms with E-state index in [2.05, 4.69) is 78.9 Å². The lowest BCUT2D eigenvalue weighted by atomic mass is 9.69. The van der Waals surface area contributed by atoms with Gasteiger partial charge < -0.3 is 14.2 Å². The molecule has 46 heavy (non-hydrogen) atoms. The van der Waals surface area contributed by atoms with Gasteiger partial charge in [0.15, 0.2) is 5.78 Å². The van der Waals surface area contributed by atoms with Crippen molar-refractivity contribution in [3.63, 3.8) is 0 Å². The third-order valence-electron chi connectivity index (χ3n) is 9.22. The van der Waals surface area contributed by atoms with Gasteiger partial charge in [0.1, 0.15) is 29.1 Å². The van der Waals surface area contributed by atoms with Crippen LogP contribution in [0.25, 0.3) is 16.8 Å². The van der Waals surface area contributed by atoms with E-state index in [9.17, 15) is 4.79 Å². The number of methoxy groups -OCH3 is 1. The van der Waals surface area contributed by atoms with E-state index in [0.717, 1.165) is 39.1 Å². The molecule has 0 N–H and O–H groups in total.